The molecular formula is C22H28FN3O6S. The van der Waals surface area contributed by atoms with Gasteiger partial charge in [0.05, 0.1) is 18.1 Å². The Kier molecular flexibility index (Phi) is 8.75. The Bertz CT molecular complexity index is 1030. The van der Waals surface area contributed by atoms with E-state index in [0.29, 0.717) is 31.8 Å². The van der Waals surface area contributed by atoms with Crippen LogP contribution < -0.4 is 10.5 Å². The van der Waals surface area contributed by atoms with E-state index in [9.17, 15) is 22.8 Å². The Morgan fingerprint density at radius 2 is 1.88 bits per heavy atom. The normalized spacial score (nSPS) is 16.0. The molecule has 0 spiro atoms. The number of amides is 1. The Labute approximate surface area is 192 Å². The molecule has 0 aromatic heterocycles. The van der Waals surface area contributed by atoms with Crippen molar-refractivity contribution in [3.8, 4) is 11.5 Å². The van der Waals surface area contributed by atoms with E-state index in [-0.39, 0.29) is 16.6 Å². The lowest BCUT2D eigenvalue weighted by Gasteiger charge is -2.27. The van der Waals surface area contributed by atoms with Gasteiger partial charge < -0.3 is 15.2 Å². The van der Waals surface area contributed by atoms with E-state index in [0.717, 1.165) is 37.8 Å². The number of rotatable bonds is 11. The number of ether oxygens (including phenoxy) is 2. The number of hydrogen-bond donors (Lipinski definition) is 2. The first-order valence-corrected chi connectivity index (χ1v) is 12.1. The molecule has 0 aliphatic carbocycles. The molecule has 11 heteroatoms. The summed E-state index contributed by atoms with van der Waals surface area (Å²) in [6.45, 7) is 3.72. The topological polar surface area (TPSA) is 122 Å². The molecule has 33 heavy (non-hydrogen) atoms. The molecule has 180 valence electrons. The van der Waals surface area contributed by atoms with Crippen molar-refractivity contribution in [3.05, 3.63) is 54.3 Å². The van der Waals surface area contributed by atoms with Crippen molar-refractivity contribution < 1.29 is 32.3 Å². The van der Waals surface area contributed by atoms with E-state index in [1.165, 1.54) is 0 Å². The standard InChI is InChI=1S/C22H28FN3O6S/c23-19-16-18(9-10-21(19)32-17-6-2-1-3-7-17)33(29,30)26(28)20(22(24)27)8-4-5-11-25-12-14-31-15-13-25/h1-3,6-7,9-10,16,20,28H,4-5,8,11-15H2,(H2,24,27)/t20-/m1/s1. The van der Waals surface area contributed by atoms with Crippen LogP contribution in [0.3, 0.4) is 0 Å². The maximum absolute atomic E-state index is 14.5. The summed E-state index contributed by atoms with van der Waals surface area (Å²) in [5, 5.41) is 10.4. The van der Waals surface area contributed by atoms with Crippen molar-refractivity contribution in [2.75, 3.05) is 32.8 Å². The summed E-state index contributed by atoms with van der Waals surface area (Å²) < 4.78 is 50.8. The second-order valence-corrected chi connectivity index (χ2v) is 9.45. The number of sulfonamides is 1. The van der Waals surface area contributed by atoms with Crippen LogP contribution in [0.2, 0.25) is 0 Å². The van der Waals surface area contributed by atoms with E-state index < -0.39 is 32.7 Å². The molecule has 9 nitrogen and oxygen atoms in total. The number of primary amides is 1. The number of unbranched alkanes of at least 4 members (excludes halogenated alkanes) is 1. The SMILES string of the molecule is NC(=O)[C@@H](CCCCN1CCOCC1)N(O)S(=O)(=O)c1ccc(Oc2ccccc2)c(F)c1. The third-order valence-electron chi connectivity index (χ3n) is 5.32. The Morgan fingerprint density at radius 1 is 1.18 bits per heavy atom. The molecular weight excluding hydrogens is 453 g/mol. The predicted molar refractivity (Wildman–Crippen MR) is 118 cm³/mol. The number of benzene rings is 2. The fourth-order valence-corrected chi connectivity index (χ4v) is 4.73. The number of carbonyl (C=O) groups is 1. The molecule has 0 saturated carbocycles. The molecule has 0 bridgehead atoms. The van der Waals surface area contributed by atoms with Crippen LogP contribution in [0.25, 0.3) is 0 Å². The molecule has 1 fully saturated rings. The van der Waals surface area contributed by atoms with Crippen LogP contribution in [0.5, 0.6) is 11.5 Å². The summed E-state index contributed by atoms with van der Waals surface area (Å²) in [5.74, 6) is -1.73. The van der Waals surface area contributed by atoms with E-state index >= 15 is 0 Å². The van der Waals surface area contributed by atoms with Gasteiger partial charge in [-0.25, -0.2) is 12.8 Å². The number of nitrogens with two attached hydrogens (primary N) is 1. The highest BCUT2D eigenvalue weighted by Gasteiger charge is 2.34. The average Bonchev–Trinajstić information content (AvgIpc) is 2.81. The minimum atomic E-state index is -4.59. The van der Waals surface area contributed by atoms with Gasteiger partial charge >= 0.3 is 0 Å². The van der Waals surface area contributed by atoms with Gasteiger partial charge in [0.25, 0.3) is 10.0 Å². The van der Waals surface area contributed by atoms with Crippen LogP contribution in [0.1, 0.15) is 19.3 Å². The van der Waals surface area contributed by atoms with E-state index in [2.05, 4.69) is 4.90 Å². The summed E-state index contributed by atoms with van der Waals surface area (Å²) in [5.41, 5.74) is 5.35. The molecule has 1 amide bonds. The zero-order valence-electron chi connectivity index (χ0n) is 18.1. The van der Waals surface area contributed by atoms with Crippen molar-refractivity contribution >= 4 is 15.9 Å². The monoisotopic (exact) mass is 481 g/mol. The summed E-state index contributed by atoms with van der Waals surface area (Å²) in [4.78, 5) is 13.6. The number of hydroxylamine groups is 1. The minimum absolute atomic E-state index is 0.0348. The average molecular weight is 482 g/mol. The van der Waals surface area contributed by atoms with Gasteiger partial charge in [-0.15, -0.1) is 0 Å². The van der Waals surface area contributed by atoms with Crippen molar-refractivity contribution in [3.63, 3.8) is 0 Å². The van der Waals surface area contributed by atoms with Crippen LogP contribution in [-0.2, 0) is 19.6 Å². The highest BCUT2D eigenvalue weighted by atomic mass is 32.2. The smallest absolute Gasteiger partial charge is 0.265 e. The molecule has 3 N–H and O–H groups in total. The van der Waals surface area contributed by atoms with Crippen LogP contribution in [0.15, 0.2) is 53.4 Å². The lowest BCUT2D eigenvalue weighted by atomic mass is 10.1. The Morgan fingerprint density at radius 3 is 2.52 bits per heavy atom. The second-order valence-electron chi connectivity index (χ2n) is 7.65. The van der Waals surface area contributed by atoms with Crippen molar-refractivity contribution in [2.24, 2.45) is 5.73 Å². The number of halogens is 1. The van der Waals surface area contributed by atoms with Crippen molar-refractivity contribution in [1.82, 2.24) is 9.37 Å². The molecule has 2 aromatic rings. The molecule has 1 atom stereocenters. The molecule has 1 heterocycles. The Balaban J connectivity index is 1.64. The first-order chi connectivity index (χ1) is 15.8. The summed E-state index contributed by atoms with van der Waals surface area (Å²) >= 11 is 0. The summed E-state index contributed by atoms with van der Waals surface area (Å²) in [6, 6.07) is 9.93. The molecule has 0 unspecified atom stereocenters. The number of para-hydroxylation sites is 1. The van der Waals surface area contributed by atoms with Gasteiger partial charge in [-0.2, -0.15) is 0 Å². The third kappa shape index (κ3) is 6.71. The van der Waals surface area contributed by atoms with Gasteiger partial charge in [-0.1, -0.05) is 22.7 Å². The molecule has 1 aliphatic heterocycles. The summed E-state index contributed by atoms with van der Waals surface area (Å²) in [7, 11) is -4.59. The number of nitrogens with zero attached hydrogens (tertiary/aromatic N) is 2. The highest BCUT2D eigenvalue weighted by Crippen LogP contribution is 2.28. The fraction of sp³-hybridized carbons (Fsp3) is 0.409. The van der Waals surface area contributed by atoms with Gasteiger partial charge in [0.1, 0.15) is 11.8 Å². The van der Waals surface area contributed by atoms with E-state index in [1.54, 1.807) is 30.3 Å². The Hall–Kier alpha value is -2.57. The number of hydrogen-bond acceptors (Lipinski definition) is 7. The van der Waals surface area contributed by atoms with Crippen LogP contribution >= 0.6 is 0 Å². The van der Waals surface area contributed by atoms with Gasteiger partial charge in [0.15, 0.2) is 11.6 Å². The summed E-state index contributed by atoms with van der Waals surface area (Å²) in [6.07, 6.45) is 1.20. The zero-order valence-corrected chi connectivity index (χ0v) is 18.9. The number of carbonyl (C=O) groups excluding carboxylic acids is 1. The maximum Gasteiger partial charge on any atom is 0.265 e. The lowest BCUT2D eigenvalue weighted by molar-refractivity contribution is -0.131. The predicted octanol–water partition coefficient (Wildman–Crippen LogP) is 2.35. The molecule has 0 radical (unpaired) electrons. The quantitative estimate of drug-likeness (QED) is 0.373. The van der Waals surface area contributed by atoms with Crippen LogP contribution in [0.4, 0.5) is 4.39 Å². The number of morpholine rings is 1. The molecule has 2 aromatic carbocycles. The third-order valence-corrected chi connectivity index (χ3v) is 6.92. The van der Waals surface area contributed by atoms with Gasteiger partial charge in [-0.3, -0.25) is 14.9 Å². The second kappa shape index (κ2) is 11.5. The minimum Gasteiger partial charge on any atom is -0.454 e. The zero-order chi connectivity index (χ0) is 23.8. The van der Waals surface area contributed by atoms with Crippen molar-refractivity contribution in [1.29, 1.82) is 0 Å². The first kappa shape index (κ1) is 25.1. The molecule has 1 saturated heterocycles. The fourth-order valence-electron chi connectivity index (χ4n) is 3.48. The van der Waals surface area contributed by atoms with E-state index in [4.69, 9.17) is 15.2 Å². The van der Waals surface area contributed by atoms with Gasteiger partial charge in [0.2, 0.25) is 5.91 Å². The first-order valence-electron chi connectivity index (χ1n) is 10.6. The van der Waals surface area contributed by atoms with Crippen LogP contribution in [-0.4, -0.2) is 67.8 Å². The van der Waals surface area contributed by atoms with Crippen LogP contribution in [0, 0.1) is 5.82 Å². The van der Waals surface area contributed by atoms with E-state index in [1.807, 2.05) is 0 Å². The van der Waals surface area contributed by atoms with Crippen molar-refractivity contribution in [2.45, 2.75) is 30.2 Å². The molecule has 3 rings (SSSR count). The molecule has 1 aliphatic rings. The largest absolute Gasteiger partial charge is 0.454 e. The lowest BCUT2D eigenvalue weighted by Crippen LogP contribution is -2.46. The van der Waals surface area contributed by atoms with Gasteiger partial charge in [0, 0.05) is 13.1 Å². The highest BCUT2D eigenvalue weighted by molar-refractivity contribution is 7.89. The maximum atomic E-state index is 14.5. The van der Waals surface area contributed by atoms with Gasteiger partial charge in [-0.05, 0) is 56.1 Å².